The normalized spacial score (nSPS) is 21.0. The van der Waals surface area contributed by atoms with Crippen molar-refractivity contribution in [3.8, 4) is 5.75 Å². The van der Waals surface area contributed by atoms with Crippen molar-refractivity contribution in [1.82, 2.24) is 21.3 Å². The van der Waals surface area contributed by atoms with Crippen LogP contribution in [0.2, 0.25) is 0 Å². The van der Waals surface area contributed by atoms with Gasteiger partial charge in [-0.3, -0.25) is 29.2 Å². The standard InChI is InChI=1S/C37H47FN10O5/c38-28-20-26(7-3-15-43-36(39)40)33(51)48-30(19-23-9-12-24-5-1-2-6-25(24)17-23)34(52)45-21-32(50)46-31(18-22-10-13-27(49)14-11-22)35(53)47-29(28)8-4-16-44-37(41)42/h1-2,5-6,9-14,17,20,26,29-31,49H,3-4,7-8,15-16,18-19,21H2,(H,45,52)(H,46,50)(H,47,53)(H,48,51)(H4,39,40,43)(H4,41,42,44)/b28-20-/t26-,29+,30+,31-/m1/s1. The Morgan fingerprint density at radius 2 is 1.28 bits per heavy atom. The van der Waals surface area contributed by atoms with E-state index in [0.717, 1.165) is 22.4 Å². The van der Waals surface area contributed by atoms with Gasteiger partial charge in [0.25, 0.3) is 0 Å². The summed E-state index contributed by atoms with van der Waals surface area (Å²) in [5.74, 6) is -4.92. The Morgan fingerprint density at radius 3 is 1.96 bits per heavy atom. The summed E-state index contributed by atoms with van der Waals surface area (Å²) >= 11 is 0. The first-order valence-electron chi connectivity index (χ1n) is 17.3. The maximum Gasteiger partial charge on any atom is 0.243 e. The van der Waals surface area contributed by atoms with Crippen LogP contribution in [0.15, 0.2) is 88.6 Å². The van der Waals surface area contributed by atoms with Crippen molar-refractivity contribution < 1.29 is 28.7 Å². The molecule has 0 aliphatic carbocycles. The molecule has 0 unspecified atom stereocenters. The Bertz CT molecular complexity index is 1840. The maximum atomic E-state index is 16.4. The molecule has 0 bridgehead atoms. The summed E-state index contributed by atoms with van der Waals surface area (Å²) in [5.41, 5.74) is 23.2. The molecule has 1 heterocycles. The molecule has 0 spiro atoms. The second-order valence-electron chi connectivity index (χ2n) is 12.8. The average molecular weight is 731 g/mol. The number of carbonyl (C=O) groups is 4. The summed E-state index contributed by atoms with van der Waals surface area (Å²) in [7, 11) is 0. The molecule has 282 valence electrons. The number of guanidine groups is 2. The number of benzene rings is 3. The van der Waals surface area contributed by atoms with Crippen LogP contribution in [0.1, 0.15) is 36.8 Å². The Hall–Kier alpha value is -6.19. The first kappa shape index (κ1) is 39.6. The molecule has 4 atom stereocenters. The van der Waals surface area contributed by atoms with Gasteiger partial charge in [-0.1, -0.05) is 54.6 Å². The van der Waals surface area contributed by atoms with Gasteiger partial charge in [-0.05, 0) is 65.8 Å². The Balaban J connectivity index is 1.71. The van der Waals surface area contributed by atoms with Crippen LogP contribution in [0.3, 0.4) is 0 Å². The van der Waals surface area contributed by atoms with Gasteiger partial charge in [-0.25, -0.2) is 4.39 Å². The number of phenolic OH excluding ortho intramolecular Hbond substituents is 1. The number of rotatable bonds is 12. The van der Waals surface area contributed by atoms with E-state index in [1.807, 2.05) is 42.5 Å². The maximum absolute atomic E-state index is 16.4. The quantitative estimate of drug-likeness (QED) is 0.0712. The topological polar surface area (TPSA) is 265 Å². The molecule has 16 heteroatoms. The van der Waals surface area contributed by atoms with Crippen LogP contribution < -0.4 is 44.2 Å². The van der Waals surface area contributed by atoms with Crippen molar-refractivity contribution in [2.24, 2.45) is 38.8 Å². The van der Waals surface area contributed by atoms with Crippen molar-refractivity contribution >= 4 is 46.3 Å². The summed E-state index contributed by atoms with van der Waals surface area (Å²) in [5, 5.41) is 22.3. The molecule has 0 aromatic heterocycles. The zero-order valence-corrected chi connectivity index (χ0v) is 29.3. The van der Waals surface area contributed by atoms with E-state index in [1.165, 1.54) is 12.1 Å². The number of aliphatic imine (C=N–C) groups is 2. The van der Waals surface area contributed by atoms with Gasteiger partial charge in [0.05, 0.1) is 18.5 Å². The second kappa shape index (κ2) is 19.4. The SMILES string of the molecule is NC(N)=NCCC[C@@H]1NC(=O)[C@@H](Cc2ccc(O)cc2)NC(=O)CNC(=O)[C@H](Cc2ccc3ccccc3c2)NC(=O)[C@H](CCCN=C(N)N)/C=C/1F. The molecule has 1 aliphatic heterocycles. The third-order valence-electron chi connectivity index (χ3n) is 8.60. The van der Waals surface area contributed by atoms with Gasteiger partial charge in [-0.15, -0.1) is 0 Å². The van der Waals surface area contributed by atoms with Crippen molar-refractivity contribution in [3.63, 3.8) is 0 Å². The van der Waals surface area contributed by atoms with Crippen molar-refractivity contribution in [2.45, 2.75) is 56.7 Å². The highest BCUT2D eigenvalue weighted by atomic mass is 19.1. The largest absolute Gasteiger partial charge is 0.508 e. The van der Waals surface area contributed by atoms with Crippen LogP contribution in [-0.4, -0.2) is 78.4 Å². The lowest BCUT2D eigenvalue weighted by Crippen LogP contribution is -2.54. The van der Waals surface area contributed by atoms with Crippen molar-refractivity contribution in [2.75, 3.05) is 19.6 Å². The van der Waals surface area contributed by atoms with Gasteiger partial charge in [0.1, 0.15) is 23.7 Å². The number of amides is 4. The van der Waals surface area contributed by atoms with Crippen LogP contribution in [0.25, 0.3) is 10.8 Å². The number of nitrogens with zero attached hydrogens (tertiary/aromatic N) is 2. The molecule has 0 saturated carbocycles. The monoisotopic (exact) mass is 730 g/mol. The molecule has 3 aromatic carbocycles. The van der Waals surface area contributed by atoms with Gasteiger partial charge in [-0.2, -0.15) is 0 Å². The molecule has 3 aromatic rings. The second-order valence-corrected chi connectivity index (χ2v) is 12.8. The first-order valence-corrected chi connectivity index (χ1v) is 17.3. The molecule has 53 heavy (non-hydrogen) atoms. The molecule has 4 rings (SSSR count). The highest BCUT2D eigenvalue weighted by Crippen LogP contribution is 2.21. The number of phenols is 1. The molecular formula is C37H47FN10O5. The Kier molecular flexibility index (Phi) is 14.5. The fourth-order valence-electron chi connectivity index (χ4n) is 5.88. The molecule has 13 N–H and O–H groups in total. The fourth-order valence-corrected chi connectivity index (χ4v) is 5.88. The third-order valence-corrected chi connectivity index (χ3v) is 8.60. The van der Waals surface area contributed by atoms with Crippen LogP contribution in [-0.2, 0) is 32.0 Å². The van der Waals surface area contributed by atoms with Crippen LogP contribution in [0.4, 0.5) is 4.39 Å². The molecular weight excluding hydrogens is 683 g/mol. The Labute approximate surface area is 306 Å². The summed E-state index contributed by atoms with van der Waals surface area (Å²) in [6.45, 7) is -0.213. The van der Waals surface area contributed by atoms with E-state index in [4.69, 9.17) is 22.9 Å². The van der Waals surface area contributed by atoms with E-state index in [9.17, 15) is 24.3 Å². The Morgan fingerprint density at radius 1 is 0.698 bits per heavy atom. The lowest BCUT2D eigenvalue weighted by Gasteiger charge is -2.23. The van der Waals surface area contributed by atoms with E-state index in [-0.39, 0.29) is 69.3 Å². The number of aromatic hydroxyl groups is 1. The predicted octanol–water partition coefficient (Wildman–Crippen LogP) is 0.492. The van der Waals surface area contributed by atoms with Gasteiger partial charge < -0.3 is 49.3 Å². The summed E-state index contributed by atoms with van der Waals surface area (Å²) < 4.78 is 16.4. The fraction of sp³-hybridized carbons (Fsp3) is 0.351. The van der Waals surface area contributed by atoms with Crippen LogP contribution in [0.5, 0.6) is 5.75 Å². The molecule has 1 aliphatic rings. The van der Waals surface area contributed by atoms with E-state index >= 15 is 4.39 Å². The number of hydrogen-bond acceptors (Lipinski definition) is 7. The minimum Gasteiger partial charge on any atom is -0.508 e. The van der Waals surface area contributed by atoms with Crippen molar-refractivity contribution in [1.29, 1.82) is 0 Å². The molecule has 0 radical (unpaired) electrons. The zero-order chi connectivity index (χ0) is 38.3. The number of nitrogens with one attached hydrogen (secondary N) is 4. The zero-order valence-electron chi connectivity index (χ0n) is 29.3. The van der Waals surface area contributed by atoms with E-state index in [1.54, 1.807) is 12.1 Å². The van der Waals surface area contributed by atoms with Gasteiger partial charge >= 0.3 is 0 Å². The molecule has 15 nitrogen and oxygen atoms in total. The van der Waals surface area contributed by atoms with Crippen LogP contribution >= 0.6 is 0 Å². The smallest absolute Gasteiger partial charge is 0.243 e. The van der Waals surface area contributed by atoms with Gasteiger partial charge in [0.15, 0.2) is 11.9 Å². The number of fused-ring (bicyclic) bond motifs is 1. The van der Waals surface area contributed by atoms with Gasteiger partial charge in [0, 0.05) is 25.9 Å². The van der Waals surface area contributed by atoms with Gasteiger partial charge in [0.2, 0.25) is 23.6 Å². The molecule has 0 fully saturated rings. The number of halogens is 1. The minimum atomic E-state index is -1.23. The van der Waals surface area contributed by atoms with E-state index in [0.29, 0.717) is 5.56 Å². The lowest BCUT2D eigenvalue weighted by atomic mass is 9.96. The summed E-state index contributed by atoms with van der Waals surface area (Å²) in [4.78, 5) is 62.5. The highest BCUT2D eigenvalue weighted by Gasteiger charge is 2.30. The molecule has 4 amide bonds. The summed E-state index contributed by atoms with van der Waals surface area (Å²) in [6, 6.07) is 15.8. The average Bonchev–Trinajstić information content (AvgIpc) is 3.12. The summed E-state index contributed by atoms with van der Waals surface area (Å²) in [6.07, 6.45) is 1.84. The minimum absolute atomic E-state index is 0.00863. The van der Waals surface area contributed by atoms with E-state index in [2.05, 4.69) is 31.3 Å². The third kappa shape index (κ3) is 12.8. The first-order chi connectivity index (χ1) is 25.4. The van der Waals surface area contributed by atoms with E-state index < -0.39 is 60.0 Å². The van der Waals surface area contributed by atoms with Crippen molar-refractivity contribution in [3.05, 3.63) is 89.8 Å². The van der Waals surface area contributed by atoms with Crippen LogP contribution in [0, 0.1) is 5.92 Å². The number of hydrogen-bond donors (Lipinski definition) is 9. The number of nitrogens with two attached hydrogens (primary N) is 4. The predicted molar refractivity (Wildman–Crippen MR) is 201 cm³/mol. The number of carbonyl (C=O) groups excluding carboxylic acids is 4. The lowest BCUT2D eigenvalue weighted by molar-refractivity contribution is -0.132. The molecule has 0 saturated heterocycles. The highest BCUT2D eigenvalue weighted by molar-refractivity contribution is 5.94.